The molecule has 2 amide bonds. The first kappa shape index (κ1) is 27.4. The predicted octanol–water partition coefficient (Wildman–Crippen LogP) is 4.75. The topological polar surface area (TPSA) is 86.8 Å². The largest absolute Gasteiger partial charge is 0.352 e. The van der Waals surface area contributed by atoms with Crippen molar-refractivity contribution in [3.63, 3.8) is 0 Å². The molecule has 1 fully saturated rings. The fourth-order valence-electron chi connectivity index (χ4n) is 4.91. The number of rotatable bonds is 11. The lowest BCUT2D eigenvalue weighted by atomic mass is 10.1. The van der Waals surface area contributed by atoms with Crippen LogP contribution in [0.3, 0.4) is 0 Å². The highest BCUT2D eigenvalue weighted by atomic mass is 32.2. The molecule has 1 aliphatic rings. The first-order chi connectivity index (χ1) is 18.4. The molecular weight excluding hydrogens is 498 g/mol. The summed E-state index contributed by atoms with van der Waals surface area (Å²) in [6, 6.07) is 25.5. The summed E-state index contributed by atoms with van der Waals surface area (Å²) >= 11 is 0. The van der Waals surface area contributed by atoms with E-state index in [4.69, 9.17) is 0 Å². The number of carbonyl (C=O) groups is 2. The molecule has 1 saturated carbocycles. The molecule has 38 heavy (non-hydrogen) atoms. The third kappa shape index (κ3) is 6.61. The van der Waals surface area contributed by atoms with E-state index < -0.39 is 28.5 Å². The van der Waals surface area contributed by atoms with Crippen LogP contribution in [0.2, 0.25) is 0 Å². The minimum atomic E-state index is -4.04. The Labute approximate surface area is 225 Å². The van der Waals surface area contributed by atoms with Crippen molar-refractivity contribution in [2.75, 3.05) is 10.8 Å². The molecule has 200 valence electrons. The molecule has 1 unspecified atom stereocenters. The van der Waals surface area contributed by atoms with Crippen LogP contribution in [-0.2, 0) is 26.2 Å². The fraction of sp³-hybridized carbons (Fsp3) is 0.333. The number of nitrogens with one attached hydrogen (secondary N) is 1. The van der Waals surface area contributed by atoms with E-state index in [0.29, 0.717) is 12.1 Å². The summed E-state index contributed by atoms with van der Waals surface area (Å²) in [6.07, 6.45) is 4.45. The molecule has 1 atom stereocenters. The number of para-hydroxylation sites is 1. The van der Waals surface area contributed by atoms with Crippen molar-refractivity contribution in [2.24, 2.45) is 0 Å². The normalized spacial score (nSPS) is 14.6. The SMILES string of the molecule is CCC(C(=O)NC1CCCC1)N(Cc1ccccc1)C(=O)CN(c1ccccc1)S(=O)(=O)c1ccccc1. The number of sulfonamides is 1. The summed E-state index contributed by atoms with van der Waals surface area (Å²) in [4.78, 5) is 29.0. The summed E-state index contributed by atoms with van der Waals surface area (Å²) in [5.41, 5.74) is 1.25. The number of carbonyl (C=O) groups excluding carboxylic acids is 2. The van der Waals surface area contributed by atoms with E-state index in [-0.39, 0.29) is 23.4 Å². The van der Waals surface area contributed by atoms with Gasteiger partial charge in [-0.05, 0) is 49.1 Å². The second kappa shape index (κ2) is 12.7. The van der Waals surface area contributed by atoms with Crippen molar-refractivity contribution in [3.8, 4) is 0 Å². The quantitative estimate of drug-likeness (QED) is 0.386. The zero-order chi connectivity index (χ0) is 27.0. The van der Waals surface area contributed by atoms with Crippen LogP contribution in [0.1, 0.15) is 44.6 Å². The molecule has 0 aromatic heterocycles. The Morgan fingerprint density at radius 3 is 2.00 bits per heavy atom. The first-order valence-electron chi connectivity index (χ1n) is 13.2. The number of anilines is 1. The monoisotopic (exact) mass is 533 g/mol. The lowest BCUT2D eigenvalue weighted by Gasteiger charge is -2.33. The third-order valence-corrected chi connectivity index (χ3v) is 8.73. The van der Waals surface area contributed by atoms with Crippen molar-refractivity contribution in [2.45, 2.75) is 62.6 Å². The first-order valence-corrected chi connectivity index (χ1v) is 14.6. The van der Waals surface area contributed by atoms with E-state index in [2.05, 4.69) is 5.32 Å². The van der Waals surface area contributed by atoms with Crippen LogP contribution in [0, 0.1) is 0 Å². The van der Waals surface area contributed by atoms with Gasteiger partial charge < -0.3 is 10.2 Å². The molecule has 0 aliphatic heterocycles. The Balaban J connectivity index is 1.67. The number of amides is 2. The Bertz CT molecular complexity index is 1300. The molecule has 0 heterocycles. The van der Waals surface area contributed by atoms with E-state index in [1.54, 1.807) is 48.5 Å². The Hall–Kier alpha value is -3.65. The molecule has 0 radical (unpaired) electrons. The Morgan fingerprint density at radius 2 is 1.42 bits per heavy atom. The van der Waals surface area contributed by atoms with Gasteiger partial charge in [-0.15, -0.1) is 0 Å². The van der Waals surface area contributed by atoms with E-state index in [9.17, 15) is 18.0 Å². The van der Waals surface area contributed by atoms with Gasteiger partial charge in [0, 0.05) is 12.6 Å². The predicted molar refractivity (Wildman–Crippen MR) is 149 cm³/mol. The van der Waals surface area contributed by atoms with Gasteiger partial charge in [0.1, 0.15) is 12.6 Å². The van der Waals surface area contributed by atoms with Gasteiger partial charge in [-0.1, -0.05) is 86.5 Å². The van der Waals surface area contributed by atoms with Gasteiger partial charge in [0.2, 0.25) is 11.8 Å². The number of hydrogen-bond acceptors (Lipinski definition) is 4. The lowest BCUT2D eigenvalue weighted by Crippen LogP contribution is -2.53. The smallest absolute Gasteiger partial charge is 0.264 e. The average Bonchev–Trinajstić information content (AvgIpc) is 3.46. The van der Waals surface area contributed by atoms with Crippen LogP contribution >= 0.6 is 0 Å². The number of nitrogens with zero attached hydrogens (tertiary/aromatic N) is 2. The van der Waals surface area contributed by atoms with Gasteiger partial charge in [-0.3, -0.25) is 13.9 Å². The molecule has 1 aliphatic carbocycles. The number of benzene rings is 3. The van der Waals surface area contributed by atoms with Crippen LogP contribution < -0.4 is 9.62 Å². The van der Waals surface area contributed by atoms with Gasteiger partial charge >= 0.3 is 0 Å². The molecule has 0 saturated heterocycles. The lowest BCUT2D eigenvalue weighted by molar-refractivity contribution is -0.140. The number of hydrogen-bond donors (Lipinski definition) is 1. The van der Waals surface area contributed by atoms with Gasteiger partial charge in [0.05, 0.1) is 10.6 Å². The minimum absolute atomic E-state index is 0.0947. The molecule has 4 rings (SSSR count). The minimum Gasteiger partial charge on any atom is -0.352 e. The zero-order valence-electron chi connectivity index (χ0n) is 21.7. The maximum absolute atomic E-state index is 14.0. The standard InChI is InChI=1S/C30H35N3O4S/c1-2-28(30(35)31-25-16-12-13-17-25)32(22-24-14-6-3-7-15-24)29(34)23-33(26-18-8-4-9-19-26)38(36,37)27-20-10-5-11-21-27/h3-11,14-15,18-21,25,28H,2,12-13,16-17,22-23H2,1H3,(H,31,35). The van der Waals surface area contributed by atoms with Crippen molar-refractivity contribution in [1.29, 1.82) is 0 Å². The molecule has 8 heteroatoms. The molecule has 3 aromatic carbocycles. The molecule has 0 bridgehead atoms. The van der Waals surface area contributed by atoms with Crippen LogP contribution in [0.4, 0.5) is 5.69 Å². The van der Waals surface area contributed by atoms with E-state index >= 15 is 0 Å². The average molecular weight is 534 g/mol. The summed E-state index contributed by atoms with van der Waals surface area (Å²) in [5, 5.41) is 3.13. The van der Waals surface area contributed by atoms with Crippen LogP contribution in [0.15, 0.2) is 95.9 Å². The highest BCUT2D eigenvalue weighted by Gasteiger charge is 2.34. The Kier molecular flexibility index (Phi) is 9.18. The van der Waals surface area contributed by atoms with Crippen molar-refractivity contribution in [3.05, 3.63) is 96.6 Å². The summed E-state index contributed by atoms with van der Waals surface area (Å²) in [5.74, 6) is -0.633. The summed E-state index contributed by atoms with van der Waals surface area (Å²) in [6.45, 7) is 1.64. The van der Waals surface area contributed by atoms with E-state index in [1.165, 1.54) is 17.0 Å². The molecule has 0 spiro atoms. The Morgan fingerprint density at radius 1 is 0.868 bits per heavy atom. The van der Waals surface area contributed by atoms with Crippen LogP contribution in [0.5, 0.6) is 0 Å². The van der Waals surface area contributed by atoms with E-state index in [0.717, 1.165) is 35.6 Å². The molecule has 3 aromatic rings. The van der Waals surface area contributed by atoms with Gasteiger partial charge in [-0.2, -0.15) is 0 Å². The van der Waals surface area contributed by atoms with Gasteiger partial charge in [0.25, 0.3) is 10.0 Å². The summed E-state index contributed by atoms with van der Waals surface area (Å²) < 4.78 is 28.6. The van der Waals surface area contributed by atoms with Crippen LogP contribution in [0.25, 0.3) is 0 Å². The maximum Gasteiger partial charge on any atom is 0.264 e. The second-order valence-corrected chi connectivity index (χ2v) is 11.4. The zero-order valence-corrected chi connectivity index (χ0v) is 22.5. The van der Waals surface area contributed by atoms with Gasteiger partial charge in [0.15, 0.2) is 0 Å². The molecule has 7 nitrogen and oxygen atoms in total. The van der Waals surface area contributed by atoms with Crippen molar-refractivity contribution < 1.29 is 18.0 Å². The molecular formula is C30H35N3O4S. The highest BCUT2D eigenvalue weighted by molar-refractivity contribution is 7.92. The highest BCUT2D eigenvalue weighted by Crippen LogP contribution is 2.25. The van der Waals surface area contributed by atoms with Crippen molar-refractivity contribution in [1.82, 2.24) is 10.2 Å². The van der Waals surface area contributed by atoms with E-state index in [1.807, 2.05) is 37.3 Å². The van der Waals surface area contributed by atoms with Gasteiger partial charge in [-0.25, -0.2) is 8.42 Å². The fourth-order valence-corrected chi connectivity index (χ4v) is 6.35. The summed E-state index contributed by atoms with van der Waals surface area (Å²) in [7, 11) is -4.04. The third-order valence-electron chi connectivity index (χ3n) is 6.94. The van der Waals surface area contributed by atoms with Crippen LogP contribution in [-0.4, -0.2) is 43.8 Å². The second-order valence-electron chi connectivity index (χ2n) is 9.58. The molecule has 1 N–H and O–H groups in total. The van der Waals surface area contributed by atoms with Crippen molar-refractivity contribution >= 4 is 27.5 Å². The maximum atomic E-state index is 14.0.